The molecule has 0 amide bonds. The highest BCUT2D eigenvalue weighted by Crippen LogP contribution is 2.26. The van der Waals surface area contributed by atoms with Crippen molar-refractivity contribution in [3.05, 3.63) is 0 Å². The highest BCUT2D eigenvalue weighted by molar-refractivity contribution is 7.45. The minimum absolute atomic E-state index is 4.61. The van der Waals surface area contributed by atoms with Crippen LogP contribution in [-0.2, 0) is 9.13 Å². The molecule has 0 aromatic rings. The SMILES string of the molecule is O=P(O)(O)O.O=P(O)(O)O.O[Si](O)(O)O. The van der Waals surface area contributed by atoms with E-state index in [1.165, 1.54) is 0 Å². The maximum atomic E-state index is 8.88. The van der Waals surface area contributed by atoms with Crippen LogP contribution in [0.4, 0.5) is 0 Å². The van der Waals surface area contributed by atoms with Crippen LogP contribution in [0.15, 0.2) is 0 Å². The van der Waals surface area contributed by atoms with Crippen LogP contribution < -0.4 is 0 Å². The van der Waals surface area contributed by atoms with Crippen molar-refractivity contribution in [1.82, 2.24) is 0 Å². The Morgan fingerprint density at radius 2 is 0.600 bits per heavy atom. The molecule has 0 aromatic carbocycles. The number of hydrogen-bond acceptors (Lipinski definition) is 6. The standard InChI is InChI=1S/2H3O4P.H4O4Si/c3*1-5(2,3)4/h2*(H3,1,2,3,4);1-4H. The van der Waals surface area contributed by atoms with Gasteiger partial charge in [0, 0.05) is 0 Å². The molecule has 0 unspecified atom stereocenters. The summed E-state index contributed by atoms with van der Waals surface area (Å²) < 4.78 is 17.8. The van der Waals surface area contributed by atoms with E-state index in [1.807, 2.05) is 0 Å². The van der Waals surface area contributed by atoms with Crippen molar-refractivity contribution in [3.8, 4) is 0 Å². The molecule has 0 aliphatic carbocycles. The van der Waals surface area contributed by atoms with Crippen LogP contribution in [0.5, 0.6) is 0 Å². The molecule has 0 saturated carbocycles. The minimum Gasteiger partial charge on any atom is -0.368 e. The maximum absolute atomic E-state index is 8.88. The molecule has 10 N–H and O–H groups in total. The van der Waals surface area contributed by atoms with Crippen molar-refractivity contribution in [2.24, 2.45) is 0 Å². The fourth-order valence-electron chi connectivity index (χ4n) is 0. The third kappa shape index (κ3) is 28100. The van der Waals surface area contributed by atoms with Gasteiger partial charge in [0.15, 0.2) is 0 Å². The third-order valence-corrected chi connectivity index (χ3v) is 0. The fourth-order valence-corrected chi connectivity index (χ4v) is 0. The van der Waals surface area contributed by atoms with Gasteiger partial charge in [0.05, 0.1) is 0 Å². The predicted octanol–water partition coefficient (Wildman–Crippen LogP) is -4.47. The van der Waals surface area contributed by atoms with Crippen molar-refractivity contribution in [2.45, 2.75) is 0 Å². The van der Waals surface area contributed by atoms with Gasteiger partial charge in [0.25, 0.3) is 0 Å². The van der Waals surface area contributed by atoms with E-state index in [0.29, 0.717) is 0 Å². The zero-order chi connectivity index (χ0) is 13.5. The van der Waals surface area contributed by atoms with Crippen molar-refractivity contribution in [2.75, 3.05) is 0 Å². The second-order valence-electron chi connectivity index (χ2n) is 1.63. The van der Waals surface area contributed by atoms with E-state index in [4.69, 9.17) is 57.7 Å². The zero-order valence-electron chi connectivity index (χ0n) is 6.68. The van der Waals surface area contributed by atoms with Gasteiger partial charge in [0.2, 0.25) is 0 Å². The van der Waals surface area contributed by atoms with Gasteiger partial charge < -0.3 is 48.5 Å². The second kappa shape index (κ2) is 7.53. The Morgan fingerprint density at radius 1 is 0.600 bits per heavy atom. The first-order valence-electron chi connectivity index (χ1n) is 2.46. The Hall–Kier alpha value is 0.277. The van der Waals surface area contributed by atoms with E-state index in [2.05, 4.69) is 0 Å². The molecule has 0 aromatic heterocycles. The topological polar surface area (TPSA) is 236 Å². The maximum Gasteiger partial charge on any atom is 0.668 e. The van der Waals surface area contributed by atoms with E-state index in [-0.39, 0.29) is 0 Å². The summed E-state index contributed by atoms with van der Waals surface area (Å²) in [5, 5.41) is 0. The van der Waals surface area contributed by atoms with Gasteiger partial charge in [-0.2, -0.15) is 0 Å². The van der Waals surface area contributed by atoms with Gasteiger partial charge in [-0.1, -0.05) is 0 Å². The smallest absolute Gasteiger partial charge is 0.368 e. The number of hydrogen-bond donors (Lipinski definition) is 10. The fraction of sp³-hybridized carbons (Fsp3) is 0. The average molecular weight is 292 g/mol. The van der Waals surface area contributed by atoms with Gasteiger partial charge in [-0.05, 0) is 0 Å². The molecular formula is H10O12P2Si. The van der Waals surface area contributed by atoms with Gasteiger partial charge in [-0.25, -0.2) is 9.13 Å². The van der Waals surface area contributed by atoms with Crippen molar-refractivity contribution in [1.29, 1.82) is 0 Å². The molecule has 12 nitrogen and oxygen atoms in total. The van der Waals surface area contributed by atoms with Crippen LogP contribution in [0.3, 0.4) is 0 Å². The first-order valence-corrected chi connectivity index (χ1v) is 7.38. The molecule has 0 saturated heterocycles. The monoisotopic (exact) mass is 292 g/mol. The van der Waals surface area contributed by atoms with Crippen molar-refractivity contribution in [3.63, 3.8) is 0 Å². The highest BCUT2D eigenvalue weighted by atomic mass is 31.2. The summed E-state index contributed by atoms with van der Waals surface area (Å²) in [6, 6.07) is 0. The normalized spacial score (nSPS) is 11.9. The molecule has 0 atom stereocenters. The number of phosphoric acid groups is 2. The molecule has 0 radical (unpaired) electrons. The third-order valence-electron chi connectivity index (χ3n) is 0. The molecule has 0 rings (SSSR count). The largest absolute Gasteiger partial charge is 0.668 e. The second-order valence-corrected chi connectivity index (χ2v) is 4.88. The van der Waals surface area contributed by atoms with Gasteiger partial charge in [-0.15, -0.1) is 0 Å². The van der Waals surface area contributed by atoms with E-state index in [0.717, 1.165) is 0 Å². The number of rotatable bonds is 0. The first-order chi connectivity index (χ1) is 6.00. The summed E-state index contributed by atoms with van der Waals surface area (Å²) in [6.07, 6.45) is 0. The Labute approximate surface area is 83.3 Å². The van der Waals surface area contributed by atoms with E-state index in [1.54, 1.807) is 0 Å². The molecule has 0 heterocycles. The molecule has 0 aliphatic rings. The Bertz CT molecular complexity index is 182. The molecule has 0 fully saturated rings. The average Bonchev–Trinajstić information content (AvgIpc) is 1.41. The van der Waals surface area contributed by atoms with Crippen LogP contribution in [-0.4, -0.2) is 57.6 Å². The summed E-state index contributed by atoms with van der Waals surface area (Å²) in [6.45, 7) is 0. The molecule has 0 spiro atoms. The molecule has 15 heavy (non-hydrogen) atoms. The van der Waals surface area contributed by atoms with E-state index < -0.39 is 24.7 Å². The Kier molecular flexibility index (Phi) is 10.4. The lowest BCUT2D eigenvalue weighted by molar-refractivity contribution is 0.117. The van der Waals surface area contributed by atoms with Crippen LogP contribution in [0.2, 0.25) is 0 Å². The highest BCUT2D eigenvalue weighted by Gasteiger charge is 2.22. The van der Waals surface area contributed by atoms with Gasteiger partial charge >= 0.3 is 24.7 Å². The Balaban J connectivity index is -0.000000144. The summed E-state index contributed by atoms with van der Waals surface area (Å²) in [7, 11) is -13.9. The summed E-state index contributed by atoms with van der Waals surface area (Å²) in [5.74, 6) is 0. The summed E-state index contributed by atoms with van der Waals surface area (Å²) in [4.78, 5) is 72.4. The van der Waals surface area contributed by atoms with Gasteiger partial charge in [0.1, 0.15) is 0 Å². The molecule has 0 aliphatic heterocycles. The van der Waals surface area contributed by atoms with Crippen LogP contribution in [0, 0.1) is 0 Å². The lowest BCUT2D eigenvalue weighted by Gasteiger charge is -1.91. The van der Waals surface area contributed by atoms with Crippen LogP contribution >= 0.6 is 15.6 Å². The lowest BCUT2D eigenvalue weighted by Crippen LogP contribution is -2.33. The molecular weight excluding hydrogens is 282 g/mol. The van der Waals surface area contributed by atoms with E-state index >= 15 is 0 Å². The van der Waals surface area contributed by atoms with Gasteiger partial charge in [-0.3, -0.25) is 0 Å². The molecule has 15 heteroatoms. The molecule has 0 bridgehead atoms. The van der Waals surface area contributed by atoms with Crippen LogP contribution in [0.25, 0.3) is 0 Å². The Morgan fingerprint density at radius 3 is 0.600 bits per heavy atom. The lowest BCUT2D eigenvalue weighted by atomic mass is 15.7. The first kappa shape index (κ1) is 20.7. The molecule has 96 valence electrons. The van der Waals surface area contributed by atoms with Crippen molar-refractivity contribution < 1.29 is 57.7 Å². The quantitative estimate of drug-likeness (QED) is 0.150. The predicted molar refractivity (Wildman–Crippen MR) is 43.2 cm³/mol. The van der Waals surface area contributed by atoms with Crippen LogP contribution in [0.1, 0.15) is 0 Å². The summed E-state index contributed by atoms with van der Waals surface area (Å²) >= 11 is 0. The minimum atomic E-state index is -4.64. The summed E-state index contributed by atoms with van der Waals surface area (Å²) in [5.41, 5.74) is 0. The van der Waals surface area contributed by atoms with Crippen molar-refractivity contribution >= 4 is 24.7 Å². The zero-order valence-corrected chi connectivity index (χ0v) is 9.47. The van der Waals surface area contributed by atoms with E-state index in [9.17, 15) is 0 Å².